The quantitative estimate of drug-likeness (QED) is 0.389. The number of allylic oxidation sites excluding steroid dienone is 1. The summed E-state index contributed by atoms with van der Waals surface area (Å²) in [7, 11) is -1.50. The average Bonchev–Trinajstić information content (AvgIpc) is 2.70. The van der Waals surface area contributed by atoms with E-state index in [4.69, 9.17) is 10.0 Å². The molecule has 4 nitrogen and oxygen atoms in total. The molecule has 2 aromatic rings. The molecule has 1 aromatic carbocycles. The highest BCUT2D eigenvalue weighted by Gasteiger charge is 2.12. The monoisotopic (exact) mass is 215 g/mol. The fraction of sp³-hybridized carbons (Fsp3) is 0. The van der Waals surface area contributed by atoms with Crippen molar-refractivity contribution in [1.29, 1.82) is 0 Å². The third kappa shape index (κ3) is 1.78. The number of H-pyrrole nitrogens is 1. The molecule has 2 rings (SSSR count). The highest BCUT2D eigenvalue weighted by atomic mass is 16.4. The number of rotatable bonds is 3. The van der Waals surface area contributed by atoms with Crippen LogP contribution in [-0.4, -0.2) is 27.9 Å². The van der Waals surface area contributed by atoms with Crippen molar-refractivity contribution < 1.29 is 14.8 Å². The van der Waals surface area contributed by atoms with Crippen LogP contribution >= 0.6 is 0 Å². The molecular weight excluding hydrogens is 205 g/mol. The Morgan fingerprint density at radius 2 is 2.12 bits per heavy atom. The van der Waals surface area contributed by atoms with Gasteiger partial charge in [0.15, 0.2) is 0 Å². The first-order valence-corrected chi connectivity index (χ1v) is 4.77. The molecule has 0 radical (unpaired) electrons. The predicted octanol–water partition coefficient (Wildman–Crippen LogP) is 0.216. The molecule has 0 aliphatic rings. The summed E-state index contributed by atoms with van der Waals surface area (Å²) in [6, 6.07) is 6.57. The Morgan fingerprint density at radius 3 is 2.75 bits per heavy atom. The first-order valence-electron chi connectivity index (χ1n) is 4.77. The highest BCUT2D eigenvalue weighted by Crippen LogP contribution is 2.14. The van der Waals surface area contributed by atoms with Gasteiger partial charge in [-0.3, -0.25) is 4.79 Å². The van der Waals surface area contributed by atoms with Gasteiger partial charge in [0.1, 0.15) is 0 Å². The summed E-state index contributed by atoms with van der Waals surface area (Å²) in [5.41, 5.74) is 1.60. The van der Waals surface area contributed by atoms with Crippen LogP contribution in [0.1, 0.15) is 10.5 Å². The summed E-state index contributed by atoms with van der Waals surface area (Å²) >= 11 is 0. The van der Waals surface area contributed by atoms with E-state index in [0.717, 1.165) is 10.9 Å². The number of nitrogens with one attached hydrogen (secondary N) is 1. The maximum atomic E-state index is 11.4. The van der Waals surface area contributed by atoms with Crippen LogP contribution in [0.4, 0.5) is 0 Å². The largest absolute Gasteiger partial charge is 0.488 e. The fourth-order valence-electron chi connectivity index (χ4n) is 1.55. The van der Waals surface area contributed by atoms with Gasteiger partial charge >= 0.3 is 7.12 Å². The fourth-order valence-corrected chi connectivity index (χ4v) is 1.55. The number of fused-ring (bicyclic) bond motifs is 1. The van der Waals surface area contributed by atoms with Gasteiger partial charge in [0.05, 0.1) is 5.69 Å². The van der Waals surface area contributed by atoms with Crippen LogP contribution in [0.25, 0.3) is 10.9 Å². The van der Waals surface area contributed by atoms with Crippen LogP contribution in [-0.2, 0) is 0 Å². The van der Waals surface area contributed by atoms with Gasteiger partial charge in [-0.1, -0.05) is 18.7 Å². The summed E-state index contributed by atoms with van der Waals surface area (Å²) in [6.07, 6.45) is 1.23. The molecule has 0 amide bonds. The molecule has 0 atom stereocenters. The summed E-state index contributed by atoms with van der Waals surface area (Å²) in [6.45, 7) is 3.40. The Balaban J connectivity index is 2.54. The summed E-state index contributed by atoms with van der Waals surface area (Å²) in [4.78, 5) is 14.3. The van der Waals surface area contributed by atoms with E-state index in [0.29, 0.717) is 11.2 Å². The van der Waals surface area contributed by atoms with Gasteiger partial charge in [0.25, 0.3) is 0 Å². The second-order valence-electron chi connectivity index (χ2n) is 3.47. The molecule has 1 aromatic heterocycles. The molecule has 0 aliphatic carbocycles. The van der Waals surface area contributed by atoms with E-state index in [9.17, 15) is 4.79 Å². The summed E-state index contributed by atoms with van der Waals surface area (Å²) in [5.74, 6) is -0.192. The topological polar surface area (TPSA) is 73.3 Å². The second kappa shape index (κ2) is 3.96. The second-order valence-corrected chi connectivity index (χ2v) is 3.47. The van der Waals surface area contributed by atoms with Gasteiger partial charge < -0.3 is 15.0 Å². The van der Waals surface area contributed by atoms with Gasteiger partial charge in [-0.2, -0.15) is 0 Å². The van der Waals surface area contributed by atoms with E-state index in [2.05, 4.69) is 11.6 Å². The molecule has 0 spiro atoms. The van der Waals surface area contributed by atoms with Crippen molar-refractivity contribution in [3.8, 4) is 0 Å². The Kier molecular flexibility index (Phi) is 2.64. The molecule has 0 bridgehead atoms. The van der Waals surface area contributed by atoms with Crippen molar-refractivity contribution in [3.05, 3.63) is 42.6 Å². The van der Waals surface area contributed by atoms with Crippen LogP contribution < -0.4 is 5.46 Å². The molecule has 3 N–H and O–H groups in total. The van der Waals surface area contributed by atoms with Crippen LogP contribution in [0.5, 0.6) is 0 Å². The zero-order valence-corrected chi connectivity index (χ0v) is 8.47. The lowest BCUT2D eigenvalue weighted by molar-refractivity contribution is 0.104. The van der Waals surface area contributed by atoms with Gasteiger partial charge in [-0.15, -0.1) is 0 Å². The maximum Gasteiger partial charge on any atom is 0.488 e. The minimum Gasteiger partial charge on any atom is -0.423 e. The highest BCUT2D eigenvalue weighted by molar-refractivity contribution is 6.58. The minimum absolute atomic E-state index is 0.192. The van der Waals surface area contributed by atoms with Crippen molar-refractivity contribution in [2.24, 2.45) is 0 Å². The van der Waals surface area contributed by atoms with E-state index in [1.165, 1.54) is 6.08 Å². The van der Waals surface area contributed by atoms with E-state index in [-0.39, 0.29) is 5.78 Å². The molecular formula is C11H10BNO3. The zero-order chi connectivity index (χ0) is 11.7. The Labute approximate surface area is 92.4 Å². The van der Waals surface area contributed by atoms with Crippen LogP contribution in [0.2, 0.25) is 0 Å². The van der Waals surface area contributed by atoms with Crippen molar-refractivity contribution in [2.45, 2.75) is 0 Å². The molecule has 5 heteroatoms. The van der Waals surface area contributed by atoms with E-state index in [1.807, 2.05) is 0 Å². The Morgan fingerprint density at radius 1 is 1.38 bits per heavy atom. The molecule has 0 saturated carbocycles. The third-order valence-corrected chi connectivity index (χ3v) is 2.39. The number of carbonyl (C=O) groups is 1. The SMILES string of the molecule is C=CC(=O)c1cc2cc(B(O)O)ccc2[nH]1. The van der Waals surface area contributed by atoms with Gasteiger partial charge in [-0.25, -0.2) is 0 Å². The van der Waals surface area contributed by atoms with Crippen LogP contribution in [0.15, 0.2) is 36.9 Å². The van der Waals surface area contributed by atoms with E-state index in [1.54, 1.807) is 24.3 Å². The zero-order valence-electron chi connectivity index (χ0n) is 8.47. The number of benzene rings is 1. The predicted molar refractivity (Wildman–Crippen MR) is 62.7 cm³/mol. The van der Waals surface area contributed by atoms with E-state index < -0.39 is 7.12 Å². The van der Waals surface area contributed by atoms with Gasteiger partial charge in [0.2, 0.25) is 5.78 Å². The van der Waals surface area contributed by atoms with Crippen molar-refractivity contribution >= 4 is 29.3 Å². The first kappa shape index (κ1) is 10.7. The number of ketones is 1. The Bertz CT molecular complexity index is 559. The molecule has 0 aliphatic heterocycles. The molecule has 0 saturated heterocycles. The average molecular weight is 215 g/mol. The lowest BCUT2D eigenvalue weighted by Crippen LogP contribution is -2.29. The normalized spacial score (nSPS) is 10.4. The van der Waals surface area contributed by atoms with Crippen LogP contribution in [0, 0.1) is 0 Å². The summed E-state index contributed by atoms with van der Waals surface area (Å²) in [5, 5.41) is 18.8. The lowest BCUT2D eigenvalue weighted by Gasteiger charge is -1.97. The van der Waals surface area contributed by atoms with Gasteiger partial charge in [-0.05, 0) is 29.1 Å². The van der Waals surface area contributed by atoms with Crippen molar-refractivity contribution in [2.75, 3.05) is 0 Å². The van der Waals surface area contributed by atoms with Gasteiger partial charge in [0, 0.05) is 5.52 Å². The molecule has 1 heterocycles. The lowest BCUT2D eigenvalue weighted by atomic mass is 9.80. The van der Waals surface area contributed by atoms with Crippen molar-refractivity contribution in [3.63, 3.8) is 0 Å². The standard InChI is InChI=1S/C11H10BNO3/c1-2-11(14)10-6-7-5-8(12(15)16)3-4-9(7)13-10/h2-6,13,15-16H,1H2. The first-order chi connectivity index (χ1) is 7.61. The molecule has 80 valence electrons. The molecule has 0 fully saturated rings. The smallest absolute Gasteiger partial charge is 0.423 e. The van der Waals surface area contributed by atoms with E-state index >= 15 is 0 Å². The number of hydrogen-bond donors (Lipinski definition) is 3. The Hall–Kier alpha value is -1.85. The third-order valence-electron chi connectivity index (χ3n) is 2.39. The molecule has 16 heavy (non-hydrogen) atoms. The number of hydrogen-bond acceptors (Lipinski definition) is 3. The minimum atomic E-state index is -1.50. The van der Waals surface area contributed by atoms with Crippen LogP contribution in [0.3, 0.4) is 0 Å². The van der Waals surface area contributed by atoms with Crippen molar-refractivity contribution in [1.82, 2.24) is 4.98 Å². The number of carbonyl (C=O) groups excluding carboxylic acids is 1. The maximum absolute atomic E-state index is 11.4. The molecule has 0 unspecified atom stereocenters. The summed E-state index contributed by atoms with van der Waals surface area (Å²) < 4.78 is 0. The number of aromatic nitrogens is 1. The number of aromatic amines is 1.